The van der Waals surface area contributed by atoms with E-state index in [9.17, 15) is 9.59 Å². The second kappa shape index (κ2) is 4.67. The lowest BCUT2D eigenvalue weighted by Gasteiger charge is -2.29. The number of carbonyl (C=O) groups is 1. The second-order valence-electron chi connectivity index (χ2n) is 4.33. The van der Waals surface area contributed by atoms with Gasteiger partial charge in [0.2, 0.25) is 0 Å². The van der Waals surface area contributed by atoms with E-state index in [4.69, 9.17) is 5.11 Å². The Kier molecular flexibility index (Phi) is 3.23. The highest BCUT2D eigenvalue weighted by Crippen LogP contribution is 2.18. The largest absolute Gasteiger partial charge is 0.477 e. The Morgan fingerprint density at radius 3 is 2.71 bits per heavy atom. The van der Waals surface area contributed by atoms with Crippen LogP contribution in [-0.4, -0.2) is 45.9 Å². The fourth-order valence-electron chi connectivity index (χ4n) is 2.09. The molecule has 92 valence electrons. The number of piperidine rings is 1. The Hall–Kier alpha value is -1.69. The second-order valence-corrected chi connectivity index (χ2v) is 4.33. The summed E-state index contributed by atoms with van der Waals surface area (Å²) in [5, 5.41) is 12.9. The smallest absolute Gasteiger partial charge is 0.341 e. The van der Waals surface area contributed by atoms with Gasteiger partial charge in [-0.25, -0.2) is 9.48 Å². The average molecular weight is 237 g/mol. The lowest BCUT2D eigenvalue weighted by Crippen LogP contribution is -2.38. The van der Waals surface area contributed by atoms with Crippen molar-refractivity contribution in [3.63, 3.8) is 0 Å². The lowest BCUT2D eigenvalue weighted by atomic mass is 10.1. The first kappa shape index (κ1) is 11.8. The number of aromatic nitrogens is 2. The van der Waals surface area contributed by atoms with Crippen LogP contribution in [-0.2, 0) is 0 Å². The van der Waals surface area contributed by atoms with Gasteiger partial charge in [-0.15, -0.1) is 0 Å². The Morgan fingerprint density at radius 2 is 2.12 bits per heavy atom. The van der Waals surface area contributed by atoms with E-state index in [1.807, 2.05) is 7.05 Å². The summed E-state index contributed by atoms with van der Waals surface area (Å²) in [4.78, 5) is 24.9. The highest BCUT2D eigenvalue weighted by molar-refractivity contribution is 5.86. The molecule has 17 heavy (non-hydrogen) atoms. The molecule has 1 aliphatic rings. The number of nitrogens with zero attached hydrogens (tertiary/aromatic N) is 3. The van der Waals surface area contributed by atoms with Crippen LogP contribution >= 0.6 is 0 Å². The molecule has 6 nitrogen and oxygen atoms in total. The first-order valence-corrected chi connectivity index (χ1v) is 5.59. The van der Waals surface area contributed by atoms with E-state index in [2.05, 4.69) is 10.00 Å². The molecule has 1 saturated heterocycles. The van der Waals surface area contributed by atoms with Gasteiger partial charge in [-0.3, -0.25) is 4.79 Å². The number of carboxylic acid groups (broad SMARTS) is 1. The Bertz CT molecular complexity index is 475. The summed E-state index contributed by atoms with van der Waals surface area (Å²) in [6, 6.07) is 1.26. The Morgan fingerprint density at radius 1 is 1.47 bits per heavy atom. The molecule has 2 rings (SSSR count). The van der Waals surface area contributed by atoms with Crippen molar-refractivity contribution in [3.8, 4) is 0 Å². The van der Waals surface area contributed by atoms with Gasteiger partial charge in [0, 0.05) is 6.20 Å². The Balaban J connectivity index is 2.30. The quantitative estimate of drug-likeness (QED) is 0.795. The van der Waals surface area contributed by atoms with Gasteiger partial charge in [0.15, 0.2) is 0 Å². The van der Waals surface area contributed by atoms with Crippen molar-refractivity contribution in [2.24, 2.45) is 0 Å². The lowest BCUT2D eigenvalue weighted by molar-refractivity contribution is 0.0692. The number of likely N-dealkylation sites (tertiary alicyclic amines) is 1. The standard InChI is InChI=1S/C11H15N3O3/c1-13-6-3-8(4-7-13)14-10(15)9(11(16)17)2-5-12-14/h2,5,8H,3-4,6-7H2,1H3,(H,16,17). The molecular weight excluding hydrogens is 222 g/mol. The van der Waals surface area contributed by atoms with Gasteiger partial charge >= 0.3 is 5.97 Å². The summed E-state index contributed by atoms with van der Waals surface area (Å²) >= 11 is 0. The molecule has 0 bridgehead atoms. The zero-order chi connectivity index (χ0) is 12.4. The normalized spacial score (nSPS) is 18.2. The molecule has 0 spiro atoms. The predicted molar refractivity (Wildman–Crippen MR) is 61.2 cm³/mol. The van der Waals surface area contributed by atoms with Crippen LogP contribution in [0.1, 0.15) is 29.2 Å². The van der Waals surface area contributed by atoms with Gasteiger partial charge in [0.25, 0.3) is 5.56 Å². The monoisotopic (exact) mass is 237 g/mol. The predicted octanol–water partition coefficient (Wildman–Crippen LogP) is 0.208. The number of rotatable bonds is 2. The van der Waals surface area contributed by atoms with Gasteiger partial charge < -0.3 is 10.0 Å². The van der Waals surface area contributed by atoms with Crippen LogP contribution < -0.4 is 5.56 Å². The van der Waals surface area contributed by atoms with E-state index in [0.29, 0.717) is 0 Å². The highest BCUT2D eigenvalue weighted by Gasteiger charge is 2.22. The van der Waals surface area contributed by atoms with Crippen molar-refractivity contribution in [1.29, 1.82) is 0 Å². The topological polar surface area (TPSA) is 75.4 Å². The molecule has 6 heteroatoms. The van der Waals surface area contributed by atoms with Crippen molar-refractivity contribution < 1.29 is 9.90 Å². The van der Waals surface area contributed by atoms with E-state index in [1.54, 1.807) is 0 Å². The molecule has 0 unspecified atom stereocenters. The maximum Gasteiger partial charge on any atom is 0.341 e. The van der Waals surface area contributed by atoms with E-state index < -0.39 is 11.5 Å². The van der Waals surface area contributed by atoms with Gasteiger partial charge in [0.05, 0.1) is 6.04 Å². The maximum absolute atomic E-state index is 11.9. The van der Waals surface area contributed by atoms with Gasteiger partial charge in [-0.1, -0.05) is 0 Å². The van der Waals surface area contributed by atoms with Crippen LogP contribution in [0.2, 0.25) is 0 Å². The van der Waals surface area contributed by atoms with Crippen molar-refractivity contribution in [2.75, 3.05) is 20.1 Å². The van der Waals surface area contributed by atoms with Gasteiger partial charge in [-0.2, -0.15) is 5.10 Å². The summed E-state index contributed by atoms with van der Waals surface area (Å²) in [5.74, 6) is -1.20. The van der Waals surface area contributed by atoms with E-state index in [1.165, 1.54) is 16.9 Å². The fourth-order valence-corrected chi connectivity index (χ4v) is 2.09. The molecule has 0 saturated carbocycles. The fraction of sp³-hybridized carbons (Fsp3) is 0.545. The molecule has 0 radical (unpaired) electrons. The van der Waals surface area contributed by atoms with Crippen LogP contribution in [0.4, 0.5) is 0 Å². The number of carboxylic acids is 1. The zero-order valence-corrected chi connectivity index (χ0v) is 9.67. The average Bonchev–Trinajstić information content (AvgIpc) is 2.30. The van der Waals surface area contributed by atoms with E-state index in [0.717, 1.165) is 25.9 Å². The molecule has 1 aromatic heterocycles. The van der Waals surface area contributed by atoms with Crippen molar-refractivity contribution in [1.82, 2.24) is 14.7 Å². The van der Waals surface area contributed by atoms with Crippen LogP contribution in [0.3, 0.4) is 0 Å². The minimum absolute atomic E-state index is 0.0120. The molecule has 1 aliphatic heterocycles. The first-order chi connectivity index (χ1) is 8.09. The molecule has 2 heterocycles. The minimum Gasteiger partial charge on any atom is -0.477 e. The summed E-state index contributed by atoms with van der Waals surface area (Å²) in [6.07, 6.45) is 3.03. The van der Waals surface area contributed by atoms with Crippen molar-refractivity contribution in [2.45, 2.75) is 18.9 Å². The number of hydrogen-bond acceptors (Lipinski definition) is 4. The molecule has 0 aliphatic carbocycles. The highest BCUT2D eigenvalue weighted by atomic mass is 16.4. The third-order valence-corrected chi connectivity index (χ3v) is 3.14. The summed E-state index contributed by atoms with van der Waals surface area (Å²) in [7, 11) is 2.03. The molecule has 1 N–H and O–H groups in total. The molecule has 1 fully saturated rings. The molecule has 0 atom stereocenters. The van der Waals surface area contributed by atoms with Crippen LogP contribution in [0.15, 0.2) is 17.1 Å². The summed E-state index contributed by atoms with van der Waals surface area (Å²) in [5.41, 5.74) is -0.714. The summed E-state index contributed by atoms with van der Waals surface area (Å²) < 4.78 is 1.32. The maximum atomic E-state index is 11.9. The van der Waals surface area contributed by atoms with Crippen LogP contribution in [0.25, 0.3) is 0 Å². The third-order valence-electron chi connectivity index (χ3n) is 3.14. The number of hydrogen-bond donors (Lipinski definition) is 1. The van der Waals surface area contributed by atoms with E-state index in [-0.39, 0.29) is 11.6 Å². The SMILES string of the molecule is CN1CCC(n2nccc(C(=O)O)c2=O)CC1. The third kappa shape index (κ3) is 2.36. The van der Waals surface area contributed by atoms with Gasteiger partial charge in [0.1, 0.15) is 5.56 Å². The molecule has 1 aromatic rings. The van der Waals surface area contributed by atoms with Crippen LogP contribution in [0, 0.1) is 0 Å². The molecule has 0 amide bonds. The van der Waals surface area contributed by atoms with E-state index >= 15 is 0 Å². The van der Waals surface area contributed by atoms with Crippen molar-refractivity contribution in [3.05, 3.63) is 28.2 Å². The summed E-state index contributed by atoms with van der Waals surface area (Å²) in [6.45, 7) is 1.80. The molecular formula is C11H15N3O3. The van der Waals surface area contributed by atoms with Gasteiger partial charge in [-0.05, 0) is 39.0 Å². The minimum atomic E-state index is -1.20. The number of aromatic carboxylic acids is 1. The first-order valence-electron chi connectivity index (χ1n) is 5.59. The van der Waals surface area contributed by atoms with Crippen molar-refractivity contribution >= 4 is 5.97 Å². The zero-order valence-electron chi connectivity index (χ0n) is 9.67. The molecule has 0 aromatic carbocycles. The Labute approximate surface area is 98.5 Å². The van der Waals surface area contributed by atoms with Crippen LogP contribution in [0.5, 0.6) is 0 Å².